The van der Waals surface area contributed by atoms with Crippen LogP contribution in [-0.2, 0) is 21.4 Å². The Balaban J connectivity index is 1.46. The van der Waals surface area contributed by atoms with Crippen LogP contribution in [0.3, 0.4) is 0 Å². The fraction of sp³-hybridized carbons (Fsp3) is 0.458. The predicted octanol–water partition coefficient (Wildman–Crippen LogP) is 3.31. The normalized spacial score (nSPS) is 18.9. The minimum atomic E-state index is -0.237. The Bertz CT molecular complexity index is 843. The van der Waals surface area contributed by atoms with Crippen LogP contribution >= 0.6 is 0 Å². The van der Waals surface area contributed by atoms with Crippen LogP contribution in [0.4, 0.5) is 5.69 Å². The van der Waals surface area contributed by atoms with Crippen molar-refractivity contribution in [2.75, 3.05) is 38.3 Å². The van der Waals surface area contributed by atoms with E-state index in [1.807, 2.05) is 42.2 Å². The van der Waals surface area contributed by atoms with Crippen molar-refractivity contribution >= 4 is 11.6 Å². The molecule has 0 aromatic heterocycles. The summed E-state index contributed by atoms with van der Waals surface area (Å²) in [5.74, 6) is 1.01. The van der Waals surface area contributed by atoms with Gasteiger partial charge in [0.2, 0.25) is 5.91 Å². The summed E-state index contributed by atoms with van der Waals surface area (Å²) in [6.07, 6.45) is 2.82. The summed E-state index contributed by atoms with van der Waals surface area (Å²) in [7, 11) is 1.69. The summed E-state index contributed by atoms with van der Waals surface area (Å²) in [5, 5.41) is 3.55. The standard InChI is InChI=1S/C24H30N2O3/c1-18(23(27)26-14-11-19-5-3-4-6-22(19)26)25-17-24(12-15-29-16-13-24)20-7-9-21(28-2)10-8-20/h3-10,18,25H,11-17H2,1-2H3. The molecule has 0 bridgehead atoms. The average Bonchev–Trinajstić information content (AvgIpc) is 3.22. The lowest BCUT2D eigenvalue weighted by Gasteiger charge is -2.39. The molecule has 1 unspecified atom stereocenters. The fourth-order valence-electron chi connectivity index (χ4n) is 4.51. The first-order valence-corrected chi connectivity index (χ1v) is 10.5. The van der Waals surface area contributed by atoms with E-state index in [2.05, 4.69) is 23.5 Å². The molecule has 29 heavy (non-hydrogen) atoms. The molecule has 1 fully saturated rings. The molecule has 0 radical (unpaired) electrons. The molecule has 2 aliphatic rings. The maximum atomic E-state index is 13.1. The first-order valence-electron chi connectivity index (χ1n) is 10.5. The molecule has 2 aromatic rings. The van der Waals surface area contributed by atoms with E-state index in [-0.39, 0.29) is 17.4 Å². The van der Waals surface area contributed by atoms with Gasteiger partial charge in [0, 0.05) is 37.4 Å². The Morgan fingerprint density at radius 2 is 1.90 bits per heavy atom. The number of nitrogens with zero attached hydrogens (tertiary/aromatic N) is 1. The third-order valence-corrected chi connectivity index (χ3v) is 6.42. The Kier molecular flexibility index (Phi) is 5.88. The molecule has 1 amide bonds. The number of benzene rings is 2. The van der Waals surface area contributed by atoms with Gasteiger partial charge in [-0.15, -0.1) is 0 Å². The van der Waals surface area contributed by atoms with Crippen molar-refractivity contribution in [2.24, 2.45) is 0 Å². The van der Waals surface area contributed by atoms with Gasteiger partial charge in [0.05, 0.1) is 13.2 Å². The van der Waals surface area contributed by atoms with Crippen molar-refractivity contribution in [3.05, 3.63) is 59.7 Å². The molecule has 154 valence electrons. The van der Waals surface area contributed by atoms with Crippen molar-refractivity contribution in [1.82, 2.24) is 5.32 Å². The lowest BCUT2D eigenvalue weighted by atomic mass is 9.74. The molecule has 0 saturated carbocycles. The minimum Gasteiger partial charge on any atom is -0.497 e. The van der Waals surface area contributed by atoms with Crippen LogP contribution in [0, 0.1) is 0 Å². The molecule has 0 spiro atoms. The van der Waals surface area contributed by atoms with Crippen molar-refractivity contribution < 1.29 is 14.3 Å². The number of para-hydroxylation sites is 1. The SMILES string of the molecule is COc1ccc(C2(CNC(C)C(=O)N3CCc4ccccc43)CCOCC2)cc1. The van der Waals surface area contributed by atoms with Crippen LogP contribution in [0.2, 0.25) is 0 Å². The van der Waals surface area contributed by atoms with Crippen LogP contribution in [0.1, 0.15) is 30.9 Å². The molecule has 5 nitrogen and oxygen atoms in total. The van der Waals surface area contributed by atoms with E-state index in [9.17, 15) is 4.79 Å². The number of ether oxygens (including phenoxy) is 2. The lowest BCUT2D eigenvalue weighted by Crippen LogP contribution is -2.50. The van der Waals surface area contributed by atoms with Gasteiger partial charge in [0.1, 0.15) is 5.75 Å². The molecule has 0 aliphatic carbocycles. The van der Waals surface area contributed by atoms with Gasteiger partial charge in [-0.3, -0.25) is 4.79 Å². The summed E-state index contributed by atoms with van der Waals surface area (Å²) in [6.45, 7) is 4.99. The van der Waals surface area contributed by atoms with E-state index in [1.165, 1.54) is 11.1 Å². The zero-order valence-electron chi connectivity index (χ0n) is 17.3. The third kappa shape index (κ3) is 4.02. The van der Waals surface area contributed by atoms with E-state index in [1.54, 1.807) is 7.11 Å². The minimum absolute atomic E-state index is 0.0258. The zero-order valence-corrected chi connectivity index (χ0v) is 17.3. The number of carbonyl (C=O) groups excluding carboxylic acids is 1. The van der Waals surface area contributed by atoms with Crippen molar-refractivity contribution in [2.45, 2.75) is 37.6 Å². The molecule has 1 saturated heterocycles. The van der Waals surface area contributed by atoms with E-state index in [4.69, 9.17) is 9.47 Å². The third-order valence-electron chi connectivity index (χ3n) is 6.42. The molecule has 5 heteroatoms. The molecule has 4 rings (SSSR count). The van der Waals surface area contributed by atoms with E-state index < -0.39 is 0 Å². The van der Waals surface area contributed by atoms with Gasteiger partial charge in [-0.1, -0.05) is 30.3 Å². The second-order valence-corrected chi connectivity index (χ2v) is 8.09. The highest BCUT2D eigenvalue weighted by Crippen LogP contribution is 2.35. The van der Waals surface area contributed by atoms with Crippen LogP contribution in [0.15, 0.2) is 48.5 Å². The van der Waals surface area contributed by atoms with Gasteiger partial charge in [-0.2, -0.15) is 0 Å². The average molecular weight is 395 g/mol. The lowest BCUT2D eigenvalue weighted by molar-refractivity contribution is -0.120. The van der Waals surface area contributed by atoms with Crippen molar-refractivity contribution in [3.8, 4) is 5.75 Å². The fourth-order valence-corrected chi connectivity index (χ4v) is 4.51. The Labute approximate surface area is 173 Å². The van der Waals surface area contributed by atoms with Crippen LogP contribution < -0.4 is 15.0 Å². The molecule has 1 N–H and O–H groups in total. The van der Waals surface area contributed by atoms with Crippen LogP contribution in [0.5, 0.6) is 5.75 Å². The second-order valence-electron chi connectivity index (χ2n) is 8.09. The molecule has 1 atom stereocenters. The molecule has 2 aliphatic heterocycles. The highest BCUT2D eigenvalue weighted by Gasteiger charge is 2.36. The highest BCUT2D eigenvalue weighted by molar-refractivity contribution is 5.98. The smallest absolute Gasteiger partial charge is 0.243 e. The van der Waals surface area contributed by atoms with E-state index >= 15 is 0 Å². The van der Waals surface area contributed by atoms with Gasteiger partial charge in [-0.05, 0) is 55.5 Å². The summed E-state index contributed by atoms with van der Waals surface area (Å²) >= 11 is 0. The number of hydrogen-bond acceptors (Lipinski definition) is 4. The predicted molar refractivity (Wildman–Crippen MR) is 115 cm³/mol. The first kappa shape index (κ1) is 19.9. The summed E-state index contributed by atoms with van der Waals surface area (Å²) < 4.78 is 11.0. The number of anilines is 1. The number of fused-ring (bicyclic) bond motifs is 1. The quantitative estimate of drug-likeness (QED) is 0.817. The Morgan fingerprint density at radius 3 is 2.62 bits per heavy atom. The number of hydrogen-bond donors (Lipinski definition) is 1. The molecule has 2 aromatic carbocycles. The highest BCUT2D eigenvalue weighted by atomic mass is 16.5. The zero-order chi connectivity index (χ0) is 20.3. The van der Waals surface area contributed by atoms with Gasteiger partial charge in [-0.25, -0.2) is 0 Å². The van der Waals surface area contributed by atoms with Gasteiger partial charge < -0.3 is 19.7 Å². The monoisotopic (exact) mass is 394 g/mol. The van der Waals surface area contributed by atoms with Crippen LogP contribution in [-0.4, -0.2) is 45.4 Å². The number of carbonyl (C=O) groups is 1. The summed E-state index contributed by atoms with van der Waals surface area (Å²) in [4.78, 5) is 15.1. The number of rotatable bonds is 6. The number of amides is 1. The summed E-state index contributed by atoms with van der Waals surface area (Å²) in [5.41, 5.74) is 3.57. The Morgan fingerprint density at radius 1 is 1.17 bits per heavy atom. The molecule has 2 heterocycles. The second kappa shape index (κ2) is 8.56. The van der Waals surface area contributed by atoms with Gasteiger partial charge in [0.25, 0.3) is 0 Å². The van der Waals surface area contributed by atoms with Crippen LogP contribution in [0.25, 0.3) is 0 Å². The van der Waals surface area contributed by atoms with E-state index in [0.717, 1.165) is 57.0 Å². The maximum Gasteiger partial charge on any atom is 0.243 e. The Hall–Kier alpha value is -2.37. The topological polar surface area (TPSA) is 50.8 Å². The first-order chi connectivity index (χ1) is 14.1. The van der Waals surface area contributed by atoms with E-state index in [0.29, 0.717) is 0 Å². The van der Waals surface area contributed by atoms with Gasteiger partial charge >= 0.3 is 0 Å². The van der Waals surface area contributed by atoms with Gasteiger partial charge in [0.15, 0.2) is 0 Å². The largest absolute Gasteiger partial charge is 0.497 e. The molecular formula is C24H30N2O3. The summed E-state index contributed by atoms with van der Waals surface area (Å²) in [6, 6.07) is 16.3. The maximum absolute atomic E-state index is 13.1. The van der Waals surface area contributed by atoms with Crippen molar-refractivity contribution in [3.63, 3.8) is 0 Å². The van der Waals surface area contributed by atoms with Crippen molar-refractivity contribution in [1.29, 1.82) is 0 Å². The number of methoxy groups -OCH3 is 1. The number of nitrogens with one attached hydrogen (secondary N) is 1. The molecular weight excluding hydrogens is 364 g/mol.